The molecule has 0 saturated heterocycles. The number of aryl methyl sites for hydroxylation is 1. The topological polar surface area (TPSA) is 56.1 Å². The molecule has 134 valence electrons. The Morgan fingerprint density at radius 2 is 2.00 bits per heavy atom. The molecule has 0 saturated carbocycles. The van der Waals surface area contributed by atoms with E-state index < -0.39 is 0 Å². The molecule has 0 fully saturated rings. The molecule has 5 heteroatoms. The van der Waals surface area contributed by atoms with Crippen molar-refractivity contribution >= 4 is 23.0 Å². The molecule has 0 atom stereocenters. The van der Waals surface area contributed by atoms with Crippen molar-refractivity contribution in [1.29, 1.82) is 0 Å². The molecule has 3 rings (SSSR count). The number of nitrogens with one attached hydrogen (secondary N) is 1. The van der Waals surface area contributed by atoms with Crippen molar-refractivity contribution in [2.45, 2.75) is 19.9 Å². The monoisotopic (exact) mass is 349 g/mol. The molecule has 5 nitrogen and oxygen atoms in total. The van der Waals surface area contributed by atoms with E-state index in [4.69, 9.17) is 4.74 Å². The number of fused-ring (bicyclic) bond motifs is 1. The van der Waals surface area contributed by atoms with Crippen molar-refractivity contribution in [3.05, 3.63) is 66.5 Å². The summed E-state index contributed by atoms with van der Waals surface area (Å²) in [4.78, 5) is 16.4. The second-order valence-corrected chi connectivity index (χ2v) is 5.88. The molecule has 3 aromatic rings. The minimum Gasteiger partial charge on any atom is -0.493 e. The number of para-hydroxylation sites is 3. The Kier molecular flexibility index (Phi) is 6.04. The molecular weight excluding hydrogens is 326 g/mol. The number of carbonyl (C=O) groups is 1. The summed E-state index contributed by atoms with van der Waals surface area (Å²) in [7, 11) is 0. The normalized spacial score (nSPS) is 11.1. The summed E-state index contributed by atoms with van der Waals surface area (Å²) in [5.74, 6) is 0.679. The molecule has 2 aromatic carbocycles. The van der Waals surface area contributed by atoms with Crippen molar-refractivity contribution in [1.82, 2.24) is 14.9 Å². The number of hydrogen-bond donors (Lipinski definition) is 1. The molecule has 0 aliphatic carbocycles. The first kappa shape index (κ1) is 17.7. The van der Waals surface area contributed by atoms with E-state index in [1.165, 1.54) is 0 Å². The maximum Gasteiger partial charge on any atom is 0.244 e. The first-order chi connectivity index (χ1) is 12.8. The van der Waals surface area contributed by atoms with Gasteiger partial charge in [0.15, 0.2) is 0 Å². The van der Waals surface area contributed by atoms with Crippen LogP contribution in [0.25, 0.3) is 17.1 Å². The van der Waals surface area contributed by atoms with Crippen LogP contribution in [0.1, 0.15) is 18.9 Å². The van der Waals surface area contributed by atoms with E-state index in [9.17, 15) is 4.79 Å². The van der Waals surface area contributed by atoms with Crippen molar-refractivity contribution in [2.75, 3.05) is 13.2 Å². The van der Waals surface area contributed by atoms with E-state index in [0.717, 1.165) is 35.3 Å². The summed E-state index contributed by atoms with van der Waals surface area (Å²) in [6, 6.07) is 15.7. The minimum absolute atomic E-state index is 0.105. The number of nitrogens with zero attached hydrogens (tertiary/aromatic N) is 2. The Bertz CT molecular complexity index is 899. The number of hydrogen-bond acceptors (Lipinski definition) is 3. The van der Waals surface area contributed by atoms with Crippen LogP contribution in [0.3, 0.4) is 0 Å². The average molecular weight is 349 g/mol. The van der Waals surface area contributed by atoms with Crippen molar-refractivity contribution in [3.63, 3.8) is 0 Å². The lowest BCUT2D eigenvalue weighted by Gasteiger charge is -2.07. The van der Waals surface area contributed by atoms with Crippen LogP contribution in [0.2, 0.25) is 0 Å². The highest BCUT2D eigenvalue weighted by Gasteiger charge is 2.02. The predicted octanol–water partition coefficient (Wildman–Crippen LogP) is 3.65. The Morgan fingerprint density at radius 1 is 1.19 bits per heavy atom. The van der Waals surface area contributed by atoms with Gasteiger partial charge in [-0.2, -0.15) is 0 Å². The van der Waals surface area contributed by atoms with Gasteiger partial charge in [0, 0.05) is 24.7 Å². The van der Waals surface area contributed by atoms with Crippen LogP contribution in [-0.4, -0.2) is 28.6 Å². The zero-order chi connectivity index (χ0) is 18.2. The van der Waals surface area contributed by atoms with Crippen LogP contribution >= 0.6 is 0 Å². The number of imidazole rings is 1. The number of ether oxygens (including phenoxy) is 1. The summed E-state index contributed by atoms with van der Waals surface area (Å²) in [5, 5.41) is 2.91. The van der Waals surface area contributed by atoms with Crippen molar-refractivity contribution in [2.24, 2.45) is 0 Å². The number of amides is 1. The lowest BCUT2D eigenvalue weighted by Crippen LogP contribution is -2.23. The summed E-state index contributed by atoms with van der Waals surface area (Å²) in [6.45, 7) is 3.97. The molecule has 1 aromatic heterocycles. The van der Waals surface area contributed by atoms with E-state index in [2.05, 4.69) is 20.9 Å². The van der Waals surface area contributed by atoms with Gasteiger partial charge in [0.2, 0.25) is 5.91 Å². The van der Waals surface area contributed by atoms with Crippen LogP contribution < -0.4 is 10.1 Å². The highest BCUT2D eigenvalue weighted by Crippen LogP contribution is 2.19. The van der Waals surface area contributed by atoms with E-state index >= 15 is 0 Å². The lowest BCUT2D eigenvalue weighted by atomic mass is 10.2. The second kappa shape index (κ2) is 8.85. The third-order valence-corrected chi connectivity index (χ3v) is 4.04. The Balaban J connectivity index is 1.47. The van der Waals surface area contributed by atoms with Gasteiger partial charge in [-0.3, -0.25) is 4.79 Å². The molecule has 0 aliphatic heterocycles. The van der Waals surface area contributed by atoms with Gasteiger partial charge in [0.05, 0.1) is 24.0 Å². The van der Waals surface area contributed by atoms with E-state index in [1.54, 1.807) is 12.2 Å². The highest BCUT2D eigenvalue weighted by atomic mass is 16.5. The summed E-state index contributed by atoms with van der Waals surface area (Å²) >= 11 is 0. The van der Waals surface area contributed by atoms with Gasteiger partial charge in [-0.15, -0.1) is 0 Å². The summed E-state index contributed by atoms with van der Waals surface area (Å²) in [6.07, 6.45) is 6.01. The number of benzene rings is 2. The van der Waals surface area contributed by atoms with E-state index in [0.29, 0.717) is 13.2 Å². The third kappa shape index (κ3) is 4.51. The molecule has 0 bridgehead atoms. The molecule has 1 heterocycles. The quantitative estimate of drug-likeness (QED) is 0.499. The lowest BCUT2D eigenvalue weighted by molar-refractivity contribution is -0.116. The zero-order valence-electron chi connectivity index (χ0n) is 14.9. The fraction of sp³-hybridized carbons (Fsp3) is 0.238. The maximum atomic E-state index is 12.0. The standard InChI is InChI=1S/C21H23N3O2/c1-2-26-20-11-6-3-8-17(20)12-13-21(25)22-14-7-15-24-16-23-18-9-4-5-10-19(18)24/h3-6,8-13,16H,2,7,14-15H2,1H3,(H,22,25)/b13-12+. The second-order valence-electron chi connectivity index (χ2n) is 5.88. The van der Waals surface area contributed by atoms with Crippen LogP contribution in [0.4, 0.5) is 0 Å². The van der Waals surface area contributed by atoms with Gasteiger partial charge < -0.3 is 14.6 Å². The molecule has 26 heavy (non-hydrogen) atoms. The molecule has 0 radical (unpaired) electrons. The molecular formula is C21H23N3O2. The van der Waals surface area contributed by atoms with Crippen LogP contribution in [0.5, 0.6) is 5.75 Å². The van der Waals surface area contributed by atoms with Gasteiger partial charge in [0.1, 0.15) is 5.75 Å². The Hall–Kier alpha value is -3.08. The van der Waals surface area contributed by atoms with Gasteiger partial charge >= 0.3 is 0 Å². The fourth-order valence-corrected chi connectivity index (χ4v) is 2.78. The van der Waals surface area contributed by atoms with Gasteiger partial charge in [0.25, 0.3) is 0 Å². The number of rotatable bonds is 8. The van der Waals surface area contributed by atoms with Gasteiger partial charge in [-0.25, -0.2) is 4.98 Å². The molecule has 1 amide bonds. The maximum absolute atomic E-state index is 12.0. The Labute approximate surface area is 153 Å². The molecule has 1 N–H and O–H groups in total. The van der Waals surface area contributed by atoms with Crippen molar-refractivity contribution < 1.29 is 9.53 Å². The molecule has 0 unspecified atom stereocenters. The Morgan fingerprint density at radius 3 is 2.88 bits per heavy atom. The van der Waals surface area contributed by atoms with Crippen LogP contribution in [0.15, 0.2) is 60.9 Å². The van der Waals surface area contributed by atoms with Crippen LogP contribution in [0, 0.1) is 0 Å². The predicted molar refractivity (Wildman–Crippen MR) is 104 cm³/mol. The van der Waals surface area contributed by atoms with Gasteiger partial charge in [-0.05, 0) is 37.6 Å². The summed E-state index contributed by atoms with van der Waals surface area (Å²) in [5.41, 5.74) is 3.01. The first-order valence-corrected chi connectivity index (χ1v) is 8.85. The molecule has 0 spiro atoms. The van der Waals surface area contributed by atoms with Gasteiger partial charge in [-0.1, -0.05) is 30.3 Å². The number of carbonyl (C=O) groups excluding carboxylic acids is 1. The summed E-state index contributed by atoms with van der Waals surface area (Å²) < 4.78 is 7.66. The third-order valence-electron chi connectivity index (χ3n) is 4.04. The SMILES string of the molecule is CCOc1ccccc1/C=C/C(=O)NCCCn1cnc2ccccc21. The van der Waals surface area contributed by atoms with E-state index in [-0.39, 0.29) is 5.91 Å². The van der Waals surface area contributed by atoms with E-state index in [1.807, 2.05) is 55.7 Å². The highest BCUT2D eigenvalue weighted by molar-refractivity contribution is 5.92. The van der Waals surface area contributed by atoms with Crippen LogP contribution in [-0.2, 0) is 11.3 Å². The molecule has 0 aliphatic rings. The minimum atomic E-state index is -0.105. The average Bonchev–Trinajstić information content (AvgIpc) is 3.08. The fourth-order valence-electron chi connectivity index (χ4n) is 2.78. The largest absolute Gasteiger partial charge is 0.493 e. The smallest absolute Gasteiger partial charge is 0.244 e. The number of aromatic nitrogens is 2. The van der Waals surface area contributed by atoms with Crippen molar-refractivity contribution in [3.8, 4) is 5.75 Å². The first-order valence-electron chi connectivity index (χ1n) is 8.85. The zero-order valence-corrected chi connectivity index (χ0v) is 14.9.